The van der Waals surface area contributed by atoms with Gasteiger partial charge in [-0.2, -0.15) is 0 Å². The minimum absolute atomic E-state index is 0.394. The van der Waals surface area contributed by atoms with Crippen molar-refractivity contribution < 1.29 is 8.42 Å². The molecule has 1 heterocycles. The third-order valence-electron chi connectivity index (χ3n) is 3.03. The van der Waals surface area contributed by atoms with E-state index in [0.29, 0.717) is 12.6 Å². The Morgan fingerprint density at radius 3 is 2.56 bits per heavy atom. The van der Waals surface area contributed by atoms with E-state index in [4.69, 9.17) is 0 Å². The van der Waals surface area contributed by atoms with Crippen LogP contribution in [0.3, 0.4) is 0 Å². The molecule has 16 heavy (non-hydrogen) atoms. The molecule has 1 saturated carbocycles. The Hall–Kier alpha value is -0.810. The number of rotatable bonds is 4. The summed E-state index contributed by atoms with van der Waals surface area (Å²) in [5.74, 6) is 0. The Balaban J connectivity index is 2.19. The van der Waals surface area contributed by atoms with Crippen LogP contribution in [0.5, 0.6) is 0 Å². The summed E-state index contributed by atoms with van der Waals surface area (Å²) >= 11 is 0. The number of hydrogen-bond donors (Lipinski definition) is 1. The first-order chi connectivity index (χ1) is 7.38. The average Bonchev–Trinajstić information content (AvgIpc) is 2.91. The molecule has 5 heteroatoms. The highest BCUT2D eigenvalue weighted by Gasteiger charge is 2.26. The summed E-state index contributed by atoms with van der Waals surface area (Å²) in [6.45, 7) is 4.53. The molecule has 90 valence electrons. The van der Waals surface area contributed by atoms with Crippen LogP contribution in [0.15, 0.2) is 6.07 Å². The van der Waals surface area contributed by atoms with Crippen molar-refractivity contribution in [1.82, 2.24) is 9.29 Å². The van der Waals surface area contributed by atoms with Crippen molar-refractivity contribution in [3.63, 3.8) is 0 Å². The van der Waals surface area contributed by atoms with Gasteiger partial charge in [0, 0.05) is 24.0 Å². The molecule has 0 aromatic carbocycles. The fourth-order valence-corrected chi connectivity index (χ4v) is 2.55. The number of sulfonamides is 1. The highest BCUT2D eigenvalue weighted by molar-refractivity contribution is 7.88. The highest BCUT2D eigenvalue weighted by atomic mass is 32.2. The molecule has 0 spiro atoms. The molecule has 1 aromatic rings. The lowest BCUT2D eigenvalue weighted by Gasteiger charge is -2.07. The molecule has 0 unspecified atom stereocenters. The van der Waals surface area contributed by atoms with Crippen LogP contribution in [0.2, 0.25) is 0 Å². The summed E-state index contributed by atoms with van der Waals surface area (Å²) in [5, 5.41) is 0. The SMILES string of the molecule is Cc1cc(CNS(C)(=O)=O)c(C)n1C1CC1. The van der Waals surface area contributed by atoms with Gasteiger partial charge in [0.25, 0.3) is 0 Å². The maximum Gasteiger partial charge on any atom is 0.209 e. The van der Waals surface area contributed by atoms with E-state index < -0.39 is 10.0 Å². The lowest BCUT2D eigenvalue weighted by atomic mass is 10.2. The third kappa shape index (κ3) is 2.47. The van der Waals surface area contributed by atoms with E-state index >= 15 is 0 Å². The van der Waals surface area contributed by atoms with Gasteiger partial charge in [0.2, 0.25) is 10.0 Å². The van der Waals surface area contributed by atoms with Crippen LogP contribution in [0.25, 0.3) is 0 Å². The van der Waals surface area contributed by atoms with Crippen molar-refractivity contribution >= 4 is 10.0 Å². The quantitative estimate of drug-likeness (QED) is 0.869. The molecule has 2 rings (SSSR count). The Morgan fingerprint density at radius 2 is 2.06 bits per heavy atom. The molecule has 1 aromatic heterocycles. The van der Waals surface area contributed by atoms with Crippen molar-refractivity contribution in [3.05, 3.63) is 23.0 Å². The van der Waals surface area contributed by atoms with Crippen molar-refractivity contribution in [1.29, 1.82) is 0 Å². The summed E-state index contributed by atoms with van der Waals surface area (Å²) in [6, 6.07) is 2.72. The Morgan fingerprint density at radius 1 is 1.44 bits per heavy atom. The topological polar surface area (TPSA) is 51.1 Å². The van der Waals surface area contributed by atoms with Gasteiger partial charge in [0.1, 0.15) is 0 Å². The molecule has 1 fully saturated rings. The van der Waals surface area contributed by atoms with E-state index in [-0.39, 0.29) is 0 Å². The van der Waals surface area contributed by atoms with E-state index in [9.17, 15) is 8.42 Å². The highest BCUT2D eigenvalue weighted by Crippen LogP contribution is 2.38. The fraction of sp³-hybridized carbons (Fsp3) is 0.636. The van der Waals surface area contributed by atoms with Gasteiger partial charge in [0.15, 0.2) is 0 Å². The van der Waals surface area contributed by atoms with Crippen molar-refractivity contribution in [3.8, 4) is 0 Å². The van der Waals surface area contributed by atoms with Gasteiger partial charge >= 0.3 is 0 Å². The molecule has 4 nitrogen and oxygen atoms in total. The van der Waals surface area contributed by atoms with E-state index in [1.807, 2.05) is 0 Å². The third-order valence-corrected chi connectivity index (χ3v) is 3.69. The second-order valence-corrected chi connectivity index (χ2v) is 6.42. The molecule has 0 radical (unpaired) electrons. The molecular weight excluding hydrogens is 224 g/mol. The summed E-state index contributed by atoms with van der Waals surface area (Å²) in [7, 11) is -3.11. The van der Waals surface area contributed by atoms with Crippen LogP contribution in [-0.2, 0) is 16.6 Å². The zero-order valence-electron chi connectivity index (χ0n) is 9.95. The molecule has 0 saturated heterocycles. The van der Waals surface area contributed by atoms with Gasteiger partial charge in [-0.25, -0.2) is 13.1 Å². The van der Waals surface area contributed by atoms with Crippen molar-refractivity contribution in [2.24, 2.45) is 0 Å². The summed E-state index contributed by atoms with van der Waals surface area (Å²) in [4.78, 5) is 0. The number of aromatic nitrogens is 1. The van der Waals surface area contributed by atoms with Gasteiger partial charge in [-0.15, -0.1) is 0 Å². The lowest BCUT2D eigenvalue weighted by Crippen LogP contribution is -2.21. The zero-order chi connectivity index (χ0) is 11.9. The van der Waals surface area contributed by atoms with Crippen LogP contribution in [0.1, 0.15) is 35.8 Å². The normalized spacial score (nSPS) is 16.7. The number of aryl methyl sites for hydroxylation is 1. The van der Waals surface area contributed by atoms with E-state index in [0.717, 1.165) is 5.56 Å². The average molecular weight is 242 g/mol. The first-order valence-corrected chi connectivity index (χ1v) is 7.39. The van der Waals surface area contributed by atoms with Gasteiger partial charge in [0.05, 0.1) is 6.26 Å². The van der Waals surface area contributed by atoms with E-state index in [1.165, 1.54) is 30.5 Å². The monoisotopic (exact) mass is 242 g/mol. The van der Waals surface area contributed by atoms with E-state index in [1.54, 1.807) is 0 Å². The number of nitrogens with one attached hydrogen (secondary N) is 1. The second kappa shape index (κ2) is 3.89. The molecule has 0 aliphatic heterocycles. The molecule has 1 N–H and O–H groups in total. The summed E-state index contributed by atoms with van der Waals surface area (Å²) in [5.41, 5.74) is 3.50. The summed E-state index contributed by atoms with van der Waals surface area (Å²) in [6.07, 6.45) is 3.68. The van der Waals surface area contributed by atoms with Gasteiger partial charge in [-0.05, 0) is 38.3 Å². The predicted molar refractivity (Wildman–Crippen MR) is 63.9 cm³/mol. The fourth-order valence-electron chi connectivity index (χ4n) is 2.13. The molecule has 1 aliphatic carbocycles. The standard InChI is InChI=1S/C11H18N2O2S/c1-8-6-10(7-12-16(3,14)15)9(2)13(8)11-4-5-11/h6,11-12H,4-5,7H2,1-3H3. The zero-order valence-corrected chi connectivity index (χ0v) is 10.8. The van der Waals surface area contributed by atoms with Gasteiger partial charge < -0.3 is 4.57 Å². The maximum atomic E-state index is 11.0. The second-order valence-electron chi connectivity index (χ2n) is 4.59. The minimum atomic E-state index is -3.11. The molecular formula is C11H18N2O2S. The van der Waals surface area contributed by atoms with Crippen molar-refractivity contribution in [2.45, 2.75) is 39.3 Å². The number of hydrogen-bond acceptors (Lipinski definition) is 2. The minimum Gasteiger partial charge on any atom is -0.346 e. The van der Waals surface area contributed by atoms with Crippen LogP contribution < -0.4 is 4.72 Å². The van der Waals surface area contributed by atoms with Gasteiger partial charge in [-0.3, -0.25) is 0 Å². The molecule has 1 aliphatic rings. The Labute approximate surface area is 96.7 Å². The number of nitrogens with zero attached hydrogens (tertiary/aromatic N) is 1. The Bertz CT molecular complexity index is 498. The smallest absolute Gasteiger partial charge is 0.209 e. The van der Waals surface area contributed by atoms with Crippen LogP contribution >= 0.6 is 0 Å². The maximum absolute atomic E-state index is 11.0. The summed E-state index contributed by atoms with van der Waals surface area (Å²) < 4.78 is 26.9. The lowest BCUT2D eigenvalue weighted by molar-refractivity contribution is 0.587. The van der Waals surface area contributed by atoms with E-state index in [2.05, 4.69) is 29.2 Å². The first kappa shape index (κ1) is 11.7. The van der Waals surface area contributed by atoms with Crippen LogP contribution in [0, 0.1) is 13.8 Å². The largest absolute Gasteiger partial charge is 0.346 e. The van der Waals surface area contributed by atoms with Gasteiger partial charge in [-0.1, -0.05) is 0 Å². The first-order valence-electron chi connectivity index (χ1n) is 5.50. The Kier molecular flexibility index (Phi) is 2.84. The van der Waals surface area contributed by atoms with Crippen molar-refractivity contribution in [2.75, 3.05) is 6.26 Å². The predicted octanol–water partition coefficient (Wildman–Crippen LogP) is 1.49. The van der Waals surface area contributed by atoms with Crippen LogP contribution in [0.4, 0.5) is 0 Å². The van der Waals surface area contributed by atoms with Crippen LogP contribution in [-0.4, -0.2) is 19.2 Å². The molecule has 0 amide bonds. The molecule has 0 bridgehead atoms. The molecule has 0 atom stereocenters.